The molecular weight excluding hydrogens is 393 g/mol. The summed E-state index contributed by atoms with van der Waals surface area (Å²) >= 11 is 0.898. The number of hydrogen-bond donors (Lipinski definition) is 1. The van der Waals surface area contributed by atoms with Crippen LogP contribution in [0.3, 0.4) is 0 Å². The largest absolute Gasteiger partial charge is 0.451 e. The Kier molecular flexibility index (Phi) is 6.22. The molecule has 1 N–H and O–H groups in total. The Balaban J connectivity index is 2.08. The van der Waals surface area contributed by atoms with Gasteiger partial charge in [0.15, 0.2) is 10.9 Å². The number of rotatable bonds is 5. The van der Waals surface area contributed by atoms with Gasteiger partial charge in [0.25, 0.3) is 0 Å². The van der Waals surface area contributed by atoms with Crippen LogP contribution in [0.5, 0.6) is 0 Å². The van der Waals surface area contributed by atoms with Gasteiger partial charge >= 0.3 is 6.18 Å². The van der Waals surface area contributed by atoms with Gasteiger partial charge < -0.3 is 9.88 Å². The van der Waals surface area contributed by atoms with Crippen LogP contribution in [0.15, 0.2) is 29.4 Å². The predicted molar refractivity (Wildman–Crippen MR) is 100 cm³/mol. The van der Waals surface area contributed by atoms with Gasteiger partial charge in [0.2, 0.25) is 11.7 Å². The summed E-state index contributed by atoms with van der Waals surface area (Å²) in [4.78, 5) is 24.6. The molecule has 0 radical (unpaired) electrons. The first-order chi connectivity index (χ1) is 12.8. The van der Waals surface area contributed by atoms with Crippen molar-refractivity contribution in [2.24, 2.45) is 12.5 Å². The molecule has 28 heavy (non-hydrogen) atoms. The molecule has 0 saturated carbocycles. The quantitative estimate of drug-likeness (QED) is 0.587. The first-order valence-electron chi connectivity index (χ1n) is 8.39. The molecule has 1 atom stereocenters. The molecule has 2 rings (SSSR count). The minimum Gasteiger partial charge on any atom is -0.326 e. The van der Waals surface area contributed by atoms with E-state index >= 15 is 0 Å². The van der Waals surface area contributed by atoms with Crippen LogP contribution in [0.1, 0.15) is 43.9 Å². The van der Waals surface area contributed by atoms with Gasteiger partial charge in [-0.05, 0) is 31.2 Å². The van der Waals surface area contributed by atoms with Crippen LogP contribution in [0.4, 0.5) is 18.9 Å². The van der Waals surface area contributed by atoms with Crippen molar-refractivity contribution < 1.29 is 22.8 Å². The number of hydrogen-bond acceptors (Lipinski definition) is 5. The maximum atomic E-state index is 12.8. The van der Waals surface area contributed by atoms with Gasteiger partial charge in [-0.15, -0.1) is 10.2 Å². The molecule has 1 heterocycles. The number of halogens is 3. The number of aromatic nitrogens is 3. The highest BCUT2D eigenvalue weighted by Gasteiger charge is 2.38. The molecule has 152 valence electrons. The summed E-state index contributed by atoms with van der Waals surface area (Å²) in [5.74, 6) is -1.54. The highest BCUT2D eigenvalue weighted by molar-refractivity contribution is 8.00. The molecule has 0 bridgehead atoms. The van der Waals surface area contributed by atoms with Crippen LogP contribution in [-0.4, -0.2) is 31.7 Å². The zero-order valence-electron chi connectivity index (χ0n) is 16.1. The molecule has 0 aliphatic carbocycles. The number of nitrogens with one attached hydrogen (secondary N) is 1. The molecular formula is C18H21F3N4O2S. The fourth-order valence-corrected chi connectivity index (χ4v) is 3.04. The van der Waals surface area contributed by atoms with Gasteiger partial charge in [-0.25, -0.2) is 0 Å². The monoisotopic (exact) mass is 414 g/mol. The minimum atomic E-state index is -4.61. The van der Waals surface area contributed by atoms with Gasteiger partial charge in [0.05, 0.1) is 5.25 Å². The number of alkyl halides is 3. The molecule has 0 aliphatic rings. The highest BCUT2D eigenvalue weighted by atomic mass is 32.2. The summed E-state index contributed by atoms with van der Waals surface area (Å²) < 4.78 is 39.2. The first kappa shape index (κ1) is 21.9. The molecule has 0 fully saturated rings. The normalized spacial score (nSPS) is 13.3. The molecule has 0 aliphatic heterocycles. The van der Waals surface area contributed by atoms with Crippen LogP contribution in [0.25, 0.3) is 0 Å². The maximum Gasteiger partial charge on any atom is 0.451 e. The second kappa shape index (κ2) is 7.94. The van der Waals surface area contributed by atoms with E-state index in [-0.39, 0.29) is 16.8 Å². The summed E-state index contributed by atoms with van der Waals surface area (Å²) in [6.07, 6.45) is -4.61. The van der Waals surface area contributed by atoms with E-state index in [1.165, 1.54) is 7.05 Å². The fraction of sp³-hybridized carbons (Fsp3) is 0.444. The van der Waals surface area contributed by atoms with E-state index < -0.39 is 22.7 Å². The Bertz CT molecular complexity index is 870. The van der Waals surface area contributed by atoms with E-state index in [9.17, 15) is 22.8 Å². The van der Waals surface area contributed by atoms with Gasteiger partial charge in [-0.3, -0.25) is 9.59 Å². The Labute approximate surface area is 164 Å². The van der Waals surface area contributed by atoms with Gasteiger partial charge in [0.1, 0.15) is 0 Å². The minimum absolute atomic E-state index is 0.00207. The van der Waals surface area contributed by atoms with Crippen LogP contribution in [0, 0.1) is 5.41 Å². The lowest BCUT2D eigenvalue weighted by Crippen LogP contribution is -2.27. The number of anilines is 1. The third-order valence-electron chi connectivity index (χ3n) is 3.85. The Morgan fingerprint density at radius 3 is 2.14 bits per heavy atom. The second-order valence-electron chi connectivity index (χ2n) is 7.27. The lowest BCUT2D eigenvalue weighted by Gasteiger charge is -2.17. The number of benzene rings is 1. The van der Waals surface area contributed by atoms with E-state index in [0.717, 1.165) is 16.3 Å². The Morgan fingerprint density at radius 1 is 1.11 bits per heavy atom. The van der Waals surface area contributed by atoms with Crippen molar-refractivity contribution in [2.75, 3.05) is 5.32 Å². The predicted octanol–water partition coefficient (Wildman–Crippen LogP) is 4.18. The molecule has 2 aromatic rings. The average Bonchev–Trinajstić information content (AvgIpc) is 2.95. The highest BCUT2D eigenvalue weighted by Crippen LogP contribution is 2.31. The van der Waals surface area contributed by atoms with E-state index in [1.807, 2.05) is 0 Å². The SMILES string of the molecule is C[C@H](Sc1nnc(C(F)(F)F)n1C)C(=O)c1ccc(NC(=O)C(C)(C)C)cc1. The van der Waals surface area contributed by atoms with Gasteiger partial charge in [-0.1, -0.05) is 32.5 Å². The Hall–Kier alpha value is -2.36. The van der Waals surface area contributed by atoms with Crippen molar-refractivity contribution >= 4 is 29.1 Å². The van der Waals surface area contributed by atoms with Crippen LogP contribution < -0.4 is 5.32 Å². The first-order valence-corrected chi connectivity index (χ1v) is 9.27. The van der Waals surface area contributed by atoms with Crippen LogP contribution in [0.2, 0.25) is 0 Å². The maximum absolute atomic E-state index is 12.8. The van der Waals surface area contributed by atoms with Crippen molar-refractivity contribution in [3.8, 4) is 0 Å². The van der Waals surface area contributed by atoms with Crippen LogP contribution in [-0.2, 0) is 18.0 Å². The van der Waals surface area contributed by atoms with E-state index in [1.54, 1.807) is 52.0 Å². The van der Waals surface area contributed by atoms with E-state index in [0.29, 0.717) is 11.3 Å². The summed E-state index contributed by atoms with van der Waals surface area (Å²) in [5, 5.41) is 8.76. The number of ketones is 1. The number of nitrogens with zero attached hydrogens (tertiary/aromatic N) is 3. The van der Waals surface area contributed by atoms with Crippen molar-refractivity contribution in [1.82, 2.24) is 14.8 Å². The van der Waals surface area contributed by atoms with Crippen molar-refractivity contribution in [3.63, 3.8) is 0 Å². The third-order valence-corrected chi connectivity index (χ3v) is 4.98. The molecule has 0 saturated heterocycles. The van der Waals surface area contributed by atoms with E-state index in [4.69, 9.17) is 0 Å². The molecule has 0 unspecified atom stereocenters. The van der Waals surface area contributed by atoms with E-state index in [2.05, 4.69) is 15.5 Å². The lowest BCUT2D eigenvalue weighted by atomic mass is 9.95. The van der Waals surface area contributed by atoms with Crippen molar-refractivity contribution in [2.45, 2.75) is 44.3 Å². The number of carbonyl (C=O) groups excluding carboxylic acids is 2. The van der Waals surface area contributed by atoms with Crippen molar-refractivity contribution in [1.29, 1.82) is 0 Å². The summed E-state index contributed by atoms with van der Waals surface area (Å²) in [6, 6.07) is 6.35. The summed E-state index contributed by atoms with van der Waals surface area (Å²) in [7, 11) is 1.20. The summed E-state index contributed by atoms with van der Waals surface area (Å²) in [5.41, 5.74) is 0.386. The number of carbonyl (C=O) groups is 2. The molecule has 1 aromatic carbocycles. The van der Waals surface area contributed by atoms with Crippen molar-refractivity contribution in [3.05, 3.63) is 35.7 Å². The smallest absolute Gasteiger partial charge is 0.326 e. The average molecular weight is 414 g/mol. The standard InChI is InChI=1S/C18H21F3N4O2S/c1-10(28-16-24-23-14(25(16)5)18(19,20)21)13(26)11-6-8-12(9-7-11)22-15(27)17(2,3)4/h6-10H,1-5H3,(H,22,27)/t10-/m0/s1. The molecule has 0 spiro atoms. The van der Waals surface area contributed by atoms with Crippen LogP contribution >= 0.6 is 11.8 Å². The zero-order valence-corrected chi connectivity index (χ0v) is 16.9. The third kappa shape index (κ3) is 5.12. The molecule has 10 heteroatoms. The second-order valence-corrected chi connectivity index (χ2v) is 8.58. The molecule has 1 aromatic heterocycles. The number of amides is 1. The molecule has 1 amide bonds. The zero-order chi connectivity index (χ0) is 21.3. The number of Topliss-reactive ketones (excluding diaryl/α,β-unsaturated/α-hetero) is 1. The summed E-state index contributed by atoms with van der Waals surface area (Å²) in [6.45, 7) is 6.95. The number of thioether (sulfide) groups is 1. The Morgan fingerprint density at radius 2 is 1.68 bits per heavy atom. The topological polar surface area (TPSA) is 76.9 Å². The lowest BCUT2D eigenvalue weighted by molar-refractivity contribution is -0.147. The fourth-order valence-electron chi connectivity index (χ4n) is 2.15. The van der Waals surface area contributed by atoms with Gasteiger partial charge in [-0.2, -0.15) is 13.2 Å². The van der Waals surface area contributed by atoms with Gasteiger partial charge in [0, 0.05) is 23.7 Å². The molecule has 6 nitrogen and oxygen atoms in total.